The van der Waals surface area contributed by atoms with E-state index >= 15 is 0 Å². The number of unbranched alkanes of at least 4 members (excludes halogenated alkanes) is 4. The lowest BCUT2D eigenvalue weighted by Crippen LogP contribution is -2.24. The first-order chi connectivity index (χ1) is 12.7. The molecule has 0 bridgehead atoms. The minimum absolute atomic E-state index is 0.0498. The van der Waals surface area contributed by atoms with Crippen molar-refractivity contribution in [1.82, 2.24) is 0 Å². The Morgan fingerprint density at radius 1 is 1.11 bits per heavy atom. The third kappa shape index (κ3) is 8.63. The summed E-state index contributed by atoms with van der Waals surface area (Å²) in [6.45, 7) is 13.5. The zero-order valence-electron chi connectivity index (χ0n) is 18.4. The molecule has 0 aromatic carbocycles. The molecule has 156 valence electrons. The van der Waals surface area contributed by atoms with Crippen molar-refractivity contribution in [3.05, 3.63) is 11.3 Å². The van der Waals surface area contributed by atoms with Crippen LogP contribution < -0.4 is 0 Å². The molecule has 5 heteroatoms. The Kier molecular flexibility index (Phi) is 10.3. The van der Waals surface area contributed by atoms with Crippen molar-refractivity contribution in [2.75, 3.05) is 6.61 Å². The Bertz CT molecular complexity index is 517. The van der Waals surface area contributed by atoms with Crippen molar-refractivity contribution in [2.24, 2.45) is 11.3 Å². The lowest BCUT2D eigenvalue weighted by Gasteiger charge is -2.30. The van der Waals surface area contributed by atoms with Crippen LogP contribution in [0.4, 0.5) is 0 Å². The van der Waals surface area contributed by atoms with Crippen molar-refractivity contribution in [1.29, 1.82) is 0 Å². The Morgan fingerprint density at radius 3 is 2.37 bits per heavy atom. The van der Waals surface area contributed by atoms with Crippen molar-refractivity contribution in [2.45, 2.75) is 98.6 Å². The average molecular weight is 397 g/mol. The van der Waals surface area contributed by atoms with Crippen LogP contribution in [-0.2, 0) is 18.8 Å². The van der Waals surface area contributed by atoms with E-state index in [1.807, 2.05) is 0 Å². The summed E-state index contributed by atoms with van der Waals surface area (Å²) in [6.07, 6.45) is 7.78. The normalized spacial score (nSPS) is 17.7. The number of ether oxygens (including phenoxy) is 1. The van der Waals surface area contributed by atoms with Crippen LogP contribution in [0.25, 0.3) is 0 Å². The van der Waals surface area contributed by atoms with Gasteiger partial charge in [0.25, 0.3) is 0 Å². The third-order valence-corrected chi connectivity index (χ3v) is 5.79. The highest BCUT2D eigenvalue weighted by Crippen LogP contribution is 2.43. The van der Waals surface area contributed by atoms with E-state index in [-0.39, 0.29) is 23.1 Å². The lowest BCUT2D eigenvalue weighted by molar-refractivity contribution is -0.143. The number of allylic oxidation sites excluding steroid dienone is 2. The number of ketones is 1. The molecular formula is C22H40O4Si. The van der Waals surface area contributed by atoms with Gasteiger partial charge in [-0.25, -0.2) is 0 Å². The second-order valence-corrected chi connectivity index (χ2v) is 11.4. The van der Waals surface area contributed by atoms with E-state index in [1.54, 1.807) is 0 Å². The molecule has 0 amide bonds. The molecular weight excluding hydrogens is 356 g/mol. The standard InChI is InChI=1S/C22H40O4Si/c1-7-8-15-25-20(24)14-12-10-9-11-13-17-19(23)16-18(22(2,3)4)21(17)26-27(5)6/h18,27H,7-16H2,1-6H3/t18-/m0/s1. The second kappa shape index (κ2) is 11.7. The second-order valence-electron chi connectivity index (χ2n) is 9.04. The van der Waals surface area contributed by atoms with E-state index in [0.29, 0.717) is 19.4 Å². The molecule has 0 aliphatic heterocycles. The zero-order valence-corrected chi connectivity index (χ0v) is 19.5. The van der Waals surface area contributed by atoms with Crippen LogP contribution in [0.5, 0.6) is 0 Å². The molecule has 1 aliphatic carbocycles. The molecule has 1 rings (SSSR count). The summed E-state index contributed by atoms with van der Waals surface area (Å²) in [6, 6.07) is 0. The molecule has 1 atom stereocenters. The van der Waals surface area contributed by atoms with Crippen LogP contribution in [0.15, 0.2) is 11.3 Å². The van der Waals surface area contributed by atoms with Crippen molar-refractivity contribution in [3.8, 4) is 0 Å². The van der Waals surface area contributed by atoms with Crippen LogP contribution in [-0.4, -0.2) is 27.4 Å². The predicted octanol–water partition coefficient (Wildman–Crippen LogP) is 5.56. The summed E-state index contributed by atoms with van der Waals surface area (Å²) in [5, 5.41) is 0. The van der Waals surface area contributed by atoms with Gasteiger partial charge in [0, 0.05) is 24.3 Å². The Morgan fingerprint density at radius 2 is 1.78 bits per heavy atom. The van der Waals surface area contributed by atoms with Gasteiger partial charge in [-0.3, -0.25) is 9.59 Å². The van der Waals surface area contributed by atoms with Gasteiger partial charge in [0.15, 0.2) is 5.78 Å². The zero-order chi connectivity index (χ0) is 20.4. The average Bonchev–Trinajstić information content (AvgIpc) is 2.86. The Labute approximate surface area is 167 Å². The molecule has 0 aromatic heterocycles. The fraction of sp³-hybridized carbons (Fsp3) is 0.818. The van der Waals surface area contributed by atoms with E-state index in [9.17, 15) is 9.59 Å². The molecule has 0 fully saturated rings. The van der Waals surface area contributed by atoms with Gasteiger partial charge in [0.2, 0.25) is 9.04 Å². The number of carbonyl (C=O) groups is 2. The topological polar surface area (TPSA) is 52.6 Å². The molecule has 0 heterocycles. The monoisotopic (exact) mass is 396 g/mol. The van der Waals surface area contributed by atoms with E-state index in [1.165, 1.54) is 0 Å². The summed E-state index contributed by atoms with van der Waals surface area (Å²) in [4.78, 5) is 24.2. The van der Waals surface area contributed by atoms with E-state index < -0.39 is 9.04 Å². The smallest absolute Gasteiger partial charge is 0.305 e. The fourth-order valence-corrected chi connectivity index (χ4v) is 4.26. The molecule has 0 unspecified atom stereocenters. The number of Topliss-reactive ketones (excluding diaryl/α,β-unsaturated/α-hetero) is 1. The highest BCUT2D eigenvalue weighted by molar-refractivity contribution is 6.48. The van der Waals surface area contributed by atoms with Gasteiger partial charge in [-0.1, -0.05) is 47.0 Å². The van der Waals surface area contributed by atoms with E-state index in [4.69, 9.17) is 9.16 Å². The van der Waals surface area contributed by atoms with E-state index in [0.717, 1.165) is 56.3 Å². The summed E-state index contributed by atoms with van der Waals surface area (Å²) in [7, 11) is -1.24. The molecule has 0 radical (unpaired) electrons. The summed E-state index contributed by atoms with van der Waals surface area (Å²) in [5.74, 6) is 1.41. The highest BCUT2D eigenvalue weighted by atomic mass is 28.3. The van der Waals surface area contributed by atoms with Crippen LogP contribution in [0.1, 0.15) is 85.5 Å². The van der Waals surface area contributed by atoms with Crippen molar-refractivity contribution < 1.29 is 18.8 Å². The first-order valence-electron chi connectivity index (χ1n) is 10.7. The largest absolute Gasteiger partial charge is 0.549 e. The van der Waals surface area contributed by atoms with Gasteiger partial charge in [-0.2, -0.15) is 0 Å². The molecule has 0 N–H and O–H groups in total. The van der Waals surface area contributed by atoms with Crippen LogP contribution in [0.2, 0.25) is 13.1 Å². The molecule has 4 nitrogen and oxygen atoms in total. The van der Waals surface area contributed by atoms with Gasteiger partial charge in [0.1, 0.15) is 0 Å². The number of esters is 1. The number of rotatable bonds is 12. The molecule has 27 heavy (non-hydrogen) atoms. The van der Waals surface area contributed by atoms with Crippen LogP contribution in [0, 0.1) is 11.3 Å². The first kappa shape index (κ1) is 23.9. The number of hydrogen-bond donors (Lipinski definition) is 0. The van der Waals surface area contributed by atoms with Gasteiger partial charge in [-0.15, -0.1) is 0 Å². The van der Waals surface area contributed by atoms with Gasteiger partial charge < -0.3 is 9.16 Å². The first-order valence-corrected chi connectivity index (χ1v) is 13.5. The van der Waals surface area contributed by atoms with Gasteiger partial charge >= 0.3 is 5.97 Å². The van der Waals surface area contributed by atoms with Crippen molar-refractivity contribution in [3.63, 3.8) is 0 Å². The molecule has 0 spiro atoms. The maximum atomic E-state index is 12.6. The Balaban J connectivity index is 2.44. The SMILES string of the molecule is CCCCOC(=O)CCCCCCC1=C(O[SiH](C)C)[C@@H](C(C)(C)C)CC1=O. The maximum absolute atomic E-state index is 12.6. The minimum Gasteiger partial charge on any atom is -0.549 e. The molecule has 0 aromatic rings. The minimum atomic E-state index is -1.24. The maximum Gasteiger partial charge on any atom is 0.305 e. The quantitative estimate of drug-likeness (QED) is 0.246. The van der Waals surface area contributed by atoms with Gasteiger partial charge in [-0.05, 0) is 44.2 Å². The van der Waals surface area contributed by atoms with Crippen molar-refractivity contribution >= 4 is 20.8 Å². The molecule has 1 aliphatic rings. The van der Waals surface area contributed by atoms with E-state index in [2.05, 4.69) is 40.8 Å². The fourth-order valence-electron chi connectivity index (χ4n) is 3.45. The summed E-state index contributed by atoms with van der Waals surface area (Å²) in [5.41, 5.74) is 0.990. The van der Waals surface area contributed by atoms with Gasteiger partial charge in [0.05, 0.1) is 12.4 Å². The Hall–Kier alpha value is -1.10. The lowest BCUT2D eigenvalue weighted by atomic mass is 9.79. The highest BCUT2D eigenvalue weighted by Gasteiger charge is 2.40. The van der Waals surface area contributed by atoms with Crippen LogP contribution in [0.3, 0.4) is 0 Å². The predicted molar refractivity (Wildman–Crippen MR) is 113 cm³/mol. The summed E-state index contributed by atoms with van der Waals surface area (Å²) >= 11 is 0. The summed E-state index contributed by atoms with van der Waals surface area (Å²) < 4.78 is 11.4. The number of hydrogen-bond acceptors (Lipinski definition) is 4. The van der Waals surface area contributed by atoms with Crippen LogP contribution >= 0.6 is 0 Å². The third-order valence-electron chi connectivity index (χ3n) is 5.07. The molecule has 0 saturated carbocycles. The molecule has 0 saturated heterocycles. The number of carbonyl (C=O) groups excluding carboxylic acids is 2.